The first-order chi connectivity index (χ1) is 11.8. The van der Waals surface area contributed by atoms with E-state index >= 15 is 0 Å². The zero-order chi connectivity index (χ0) is 16.8. The van der Waals surface area contributed by atoms with Gasteiger partial charge >= 0.3 is 0 Å². The normalized spacial score (nSPS) is 11.9. The minimum atomic E-state index is 0.0820. The summed E-state index contributed by atoms with van der Waals surface area (Å²) in [5.41, 5.74) is 5.38. The van der Waals surface area contributed by atoms with Crippen LogP contribution in [0.2, 0.25) is 0 Å². The number of aliphatic hydroxyl groups excluding tert-OH is 1. The van der Waals surface area contributed by atoms with E-state index < -0.39 is 0 Å². The van der Waals surface area contributed by atoms with Gasteiger partial charge in [0.05, 0.1) is 0 Å². The molecule has 0 saturated heterocycles. The lowest BCUT2D eigenvalue weighted by Gasteiger charge is -2.17. The third-order valence-corrected chi connectivity index (χ3v) is 4.00. The van der Waals surface area contributed by atoms with E-state index in [4.69, 9.17) is 0 Å². The third kappa shape index (κ3) is 3.55. The van der Waals surface area contributed by atoms with E-state index in [0.29, 0.717) is 6.42 Å². The van der Waals surface area contributed by atoms with E-state index in [9.17, 15) is 10.2 Å². The van der Waals surface area contributed by atoms with Crippen LogP contribution < -0.4 is 0 Å². The molecule has 3 aromatic rings. The minimum absolute atomic E-state index is 0.0820. The lowest BCUT2D eigenvalue weighted by atomic mass is 9.88. The van der Waals surface area contributed by atoms with E-state index in [1.807, 2.05) is 48.5 Å². The fraction of sp³-hybridized carbons (Fsp3) is 0.0909. The Balaban J connectivity index is 2.26. The molecule has 3 rings (SSSR count). The highest BCUT2D eigenvalue weighted by Crippen LogP contribution is 2.34. The van der Waals surface area contributed by atoms with Crippen molar-refractivity contribution in [1.82, 2.24) is 0 Å². The maximum Gasteiger partial charge on any atom is 0.115 e. The van der Waals surface area contributed by atoms with E-state index in [1.165, 1.54) is 0 Å². The zero-order valence-corrected chi connectivity index (χ0v) is 13.4. The Morgan fingerprint density at radius 1 is 0.625 bits per heavy atom. The summed E-state index contributed by atoms with van der Waals surface area (Å²) >= 11 is 0. The van der Waals surface area contributed by atoms with Crippen molar-refractivity contribution in [2.45, 2.75) is 6.42 Å². The molecule has 0 amide bonds. The van der Waals surface area contributed by atoms with Crippen LogP contribution in [0.15, 0.2) is 84.9 Å². The maximum atomic E-state index is 9.61. The Morgan fingerprint density at radius 3 is 1.67 bits per heavy atom. The second kappa shape index (κ2) is 7.62. The predicted molar refractivity (Wildman–Crippen MR) is 98.6 cm³/mol. The molecule has 2 heteroatoms. The van der Waals surface area contributed by atoms with Crippen molar-refractivity contribution >= 4 is 11.1 Å². The molecule has 120 valence electrons. The Hall–Kier alpha value is -2.84. The van der Waals surface area contributed by atoms with Crippen LogP contribution in [-0.2, 0) is 0 Å². The smallest absolute Gasteiger partial charge is 0.115 e. The molecule has 0 unspecified atom stereocenters. The molecule has 0 fully saturated rings. The van der Waals surface area contributed by atoms with Crippen molar-refractivity contribution in [2.75, 3.05) is 6.61 Å². The standard InChI is InChI=1S/C22H20O2/c23-16-15-21(17-7-3-1-4-8-17)22(18-9-5-2-6-10-18)19-11-13-20(24)14-12-19/h1-14,23-24H,15-16H2/b22-21+. The Kier molecular flexibility index (Phi) is 5.09. The van der Waals surface area contributed by atoms with Gasteiger partial charge < -0.3 is 10.2 Å². The summed E-state index contributed by atoms with van der Waals surface area (Å²) in [6.45, 7) is 0.0820. The summed E-state index contributed by atoms with van der Waals surface area (Å²) in [6.07, 6.45) is 0.565. The fourth-order valence-corrected chi connectivity index (χ4v) is 2.91. The summed E-state index contributed by atoms with van der Waals surface area (Å²) in [5.74, 6) is 0.245. The molecular formula is C22H20O2. The summed E-state index contributed by atoms with van der Waals surface area (Å²) < 4.78 is 0. The molecule has 2 nitrogen and oxygen atoms in total. The average Bonchev–Trinajstić information content (AvgIpc) is 2.64. The molecule has 0 atom stereocenters. The molecule has 24 heavy (non-hydrogen) atoms. The lowest BCUT2D eigenvalue weighted by molar-refractivity contribution is 0.305. The number of benzene rings is 3. The van der Waals surface area contributed by atoms with Crippen molar-refractivity contribution in [3.8, 4) is 5.75 Å². The highest BCUT2D eigenvalue weighted by molar-refractivity contribution is 5.98. The molecule has 0 aliphatic carbocycles. The number of phenolic OH excluding ortho intramolecular Hbond substituents is 1. The molecule has 0 aliphatic heterocycles. The molecule has 0 aliphatic rings. The van der Waals surface area contributed by atoms with Crippen LogP contribution in [0.3, 0.4) is 0 Å². The average molecular weight is 316 g/mol. The van der Waals surface area contributed by atoms with Crippen LogP contribution in [-0.4, -0.2) is 16.8 Å². The molecule has 3 aromatic carbocycles. The molecule has 0 aromatic heterocycles. The summed E-state index contributed by atoms with van der Waals surface area (Å²) in [6, 6.07) is 27.5. The second-order valence-corrected chi connectivity index (χ2v) is 5.61. The van der Waals surface area contributed by atoms with E-state index in [-0.39, 0.29) is 12.4 Å². The van der Waals surface area contributed by atoms with Crippen LogP contribution in [0.4, 0.5) is 0 Å². The summed E-state index contributed by atoms with van der Waals surface area (Å²) in [7, 11) is 0. The quantitative estimate of drug-likeness (QED) is 0.668. The van der Waals surface area contributed by atoms with Gasteiger partial charge in [0.2, 0.25) is 0 Å². The highest BCUT2D eigenvalue weighted by Gasteiger charge is 2.13. The first kappa shape index (κ1) is 16.0. The highest BCUT2D eigenvalue weighted by atomic mass is 16.3. The predicted octanol–water partition coefficient (Wildman–Crippen LogP) is 4.73. The van der Waals surface area contributed by atoms with Gasteiger partial charge in [-0.05, 0) is 46.4 Å². The number of aromatic hydroxyl groups is 1. The molecule has 0 spiro atoms. The SMILES string of the molecule is OCC/C(=C(/c1ccccc1)c1ccc(O)cc1)c1ccccc1. The van der Waals surface area contributed by atoms with Gasteiger partial charge in [0.15, 0.2) is 0 Å². The number of hydrogen-bond acceptors (Lipinski definition) is 2. The number of rotatable bonds is 5. The van der Waals surface area contributed by atoms with Gasteiger partial charge in [-0.15, -0.1) is 0 Å². The van der Waals surface area contributed by atoms with Crippen LogP contribution in [0.25, 0.3) is 11.1 Å². The van der Waals surface area contributed by atoms with Crippen LogP contribution >= 0.6 is 0 Å². The van der Waals surface area contributed by atoms with E-state index in [0.717, 1.165) is 27.8 Å². The van der Waals surface area contributed by atoms with Gasteiger partial charge in [0.25, 0.3) is 0 Å². The van der Waals surface area contributed by atoms with Gasteiger partial charge in [-0.25, -0.2) is 0 Å². The lowest BCUT2D eigenvalue weighted by Crippen LogP contribution is -1.97. The van der Waals surface area contributed by atoms with Crippen LogP contribution in [0.1, 0.15) is 23.1 Å². The monoisotopic (exact) mass is 316 g/mol. The van der Waals surface area contributed by atoms with Crippen molar-refractivity contribution in [1.29, 1.82) is 0 Å². The van der Waals surface area contributed by atoms with Gasteiger partial charge in [-0.3, -0.25) is 0 Å². The van der Waals surface area contributed by atoms with E-state index in [2.05, 4.69) is 24.3 Å². The molecule has 0 bridgehead atoms. The molecule has 0 radical (unpaired) electrons. The Bertz CT molecular complexity index is 804. The van der Waals surface area contributed by atoms with Crippen LogP contribution in [0.5, 0.6) is 5.75 Å². The minimum Gasteiger partial charge on any atom is -0.508 e. The van der Waals surface area contributed by atoms with Crippen molar-refractivity contribution in [3.05, 3.63) is 102 Å². The third-order valence-electron chi connectivity index (χ3n) is 4.00. The van der Waals surface area contributed by atoms with Gasteiger partial charge in [0, 0.05) is 6.61 Å². The summed E-state index contributed by atoms with van der Waals surface area (Å²) in [5, 5.41) is 19.2. The molecule has 2 N–H and O–H groups in total. The summed E-state index contributed by atoms with van der Waals surface area (Å²) in [4.78, 5) is 0. The molecule has 0 saturated carbocycles. The Morgan fingerprint density at radius 2 is 1.12 bits per heavy atom. The first-order valence-electron chi connectivity index (χ1n) is 8.04. The fourth-order valence-electron chi connectivity index (χ4n) is 2.91. The number of phenols is 1. The van der Waals surface area contributed by atoms with E-state index in [1.54, 1.807) is 12.1 Å². The van der Waals surface area contributed by atoms with Crippen molar-refractivity contribution < 1.29 is 10.2 Å². The van der Waals surface area contributed by atoms with Gasteiger partial charge in [-0.1, -0.05) is 72.8 Å². The second-order valence-electron chi connectivity index (χ2n) is 5.61. The first-order valence-corrected chi connectivity index (χ1v) is 8.04. The van der Waals surface area contributed by atoms with Crippen molar-refractivity contribution in [3.63, 3.8) is 0 Å². The topological polar surface area (TPSA) is 40.5 Å². The number of hydrogen-bond donors (Lipinski definition) is 2. The zero-order valence-electron chi connectivity index (χ0n) is 13.4. The Labute approximate surface area is 142 Å². The molecule has 0 heterocycles. The maximum absolute atomic E-state index is 9.61. The molecular weight excluding hydrogens is 296 g/mol. The van der Waals surface area contributed by atoms with Gasteiger partial charge in [0.1, 0.15) is 5.75 Å². The van der Waals surface area contributed by atoms with Gasteiger partial charge in [-0.2, -0.15) is 0 Å². The number of aliphatic hydroxyl groups is 1. The van der Waals surface area contributed by atoms with Crippen molar-refractivity contribution in [2.24, 2.45) is 0 Å². The largest absolute Gasteiger partial charge is 0.508 e. The van der Waals surface area contributed by atoms with Crippen LogP contribution in [0, 0.1) is 0 Å².